The van der Waals surface area contributed by atoms with Gasteiger partial charge in [0.25, 0.3) is 0 Å². The van der Waals surface area contributed by atoms with Crippen molar-refractivity contribution in [2.75, 3.05) is 13.3 Å². The zero-order valence-corrected chi connectivity index (χ0v) is 4.46. The van der Waals surface area contributed by atoms with Gasteiger partial charge in [-0.1, -0.05) is 0 Å². The monoisotopic (exact) mass is 123 g/mol. The van der Waals surface area contributed by atoms with Crippen molar-refractivity contribution in [1.29, 1.82) is 0 Å². The van der Waals surface area contributed by atoms with Crippen LogP contribution in [0.5, 0.6) is 0 Å². The van der Waals surface area contributed by atoms with Crippen LogP contribution in [0, 0.1) is 0 Å². The molecular weight excluding hydrogens is 117 g/mol. The Kier molecular flexibility index (Phi) is 2.71. The fourth-order valence-electron chi connectivity index (χ4n) is 0.326. The summed E-state index contributed by atoms with van der Waals surface area (Å²) >= 11 is 0. The lowest BCUT2D eigenvalue weighted by Crippen LogP contribution is -2.14. The maximum absolute atomic E-state index is 10.0. The predicted octanol–water partition coefficient (Wildman–Crippen LogP) is -0.488. The largest absolute Gasteiger partial charge is 0.351 e. The van der Waals surface area contributed by atoms with E-state index >= 15 is 0 Å². The topological polar surface area (TPSA) is 38.3 Å². The van der Waals surface area contributed by atoms with Gasteiger partial charge in [0.1, 0.15) is 13.3 Å². The fourth-order valence-corrected chi connectivity index (χ4v) is 0.326. The Hall–Kier alpha value is -0.280. The number of ether oxygens (including phenoxy) is 1. The van der Waals surface area contributed by atoms with Crippen LogP contribution < -0.4 is 5.32 Å². The van der Waals surface area contributed by atoms with Crippen molar-refractivity contribution in [3.8, 4) is 0 Å². The molecule has 1 rings (SSSR count). The quantitative estimate of drug-likeness (QED) is 0.472. The molecule has 0 aromatic heterocycles. The summed E-state index contributed by atoms with van der Waals surface area (Å²) in [5.41, 5.74) is 0. The molecule has 1 N–H and O–H groups in total. The van der Waals surface area contributed by atoms with Crippen molar-refractivity contribution >= 4 is 18.3 Å². The van der Waals surface area contributed by atoms with E-state index in [-0.39, 0.29) is 24.9 Å². The number of amides is 1. The molecule has 1 amide bonds. The molecule has 0 spiro atoms. The van der Waals surface area contributed by atoms with E-state index in [4.69, 9.17) is 0 Å². The Balaban J connectivity index is 0.000000360. The smallest absolute Gasteiger partial charge is 0.247 e. The van der Waals surface area contributed by atoms with E-state index in [0.29, 0.717) is 6.73 Å². The summed E-state index contributed by atoms with van der Waals surface area (Å²) in [4.78, 5) is 10.0. The molecule has 1 heterocycles. The van der Waals surface area contributed by atoms with Crippen LogP contribution in [-0.4, -0.2) is 19.2 Å². The Labute approximate surface area is 47.4 Å². The van der Waals surface area contributed by atoms with Gasteiger partial charge in [-0.05, 0) is 0 Å². The summed E-state index contributed by atoms with van der Waals surface area (Å²) in [5, 5.41) is 2.46. The second-order valence-corrected chi connectivity index (χ2v) is 1.09. The third-order valence-corrected chi connectivity index (χ3v) is 0.605. The zero-order chi connectivity index (χ0) is 4.41. The number of hydrogen-bond donors (Lipinski definition) is 1. The van der Waals surface area contributed by atoms with E-state index < -0.39 is 0 Å². The van der Waals surface area contributed by atoms with Crippen LogP contribution >= 0.6 is 12.4 Å². The van der Waals surface area contributed by atoms with Crippen molar-refractivity contribution in [1.82, 2.24) is 5.32 Å². The minimum atomic E-state index is -0.0185. The Morgan fingerprint density at radius 3 is 2.57 bits per heavy atom. The van der Waals surface area contributed by atoms with Crippen molar-refractivity contribution in [2.45, 2.75) is 0 Å². The molecule has 1 fully saturated rings. The van der Waals surface area contributed by atoms with Crippen LogP contribution in [-0.2, 0) is 9.53 Å². The number of nitrogens with one attached hydrogen (secondary N) is 1. The maximum Gasteiger partial charge on any atom is 0.247 e. The molecule has 0 radical (unpaired) electrons. The first-order valence-electron chi connectivity index (χ1n) is 1.74. The standard InChI is InChI=1S/C3H5NO2.ClH/c5-3-1-6-2-4-3;/h1-2H2,(H,4,5);1H. The van der Waals surface area contributed by atoms with Gasteiger partial charge in [0, 0.05) is 0 Å². The van der Waals surface area contributed by atoms with Crippen LogP contribution in [0.3, 0.4) is 0 Å². The molecule has 0 bridgehead atoms. The molecule has 0 aromatic rings. The Morgan fingerprint density at radius 1 is 1.71 bits per heavy atom. The molecule has 0 unspecified atom stereocenters. The van der Waals surface area contributed by atoms with Gasteiger partial charge in [-0.25, -0.2) is 0 Å². The van der Waals surface area contributed by atoms with E-state index in [1.807, 2.05) is 0 Å². The minimum absolute atomic E-state index is 0. The molecule has 1 aliphatic heterocycles. The first kappa shape index (κ1) is 6.72. The zero-order valence-electron chi connectivity index (χ0n) is 3.64. The third kappa shape index (κ3) is 1.75. The second kappa shape index (κ2) is 2.82. The van der Waals surface area contributed by atoms with Gasteiger partial charge >= 0.3 is 0 Å². The number of carbonyl (C=O) groups excluding carboxylic acids is 1. The number of halogens is 1. The summed E-state index contributed by atoms with van der Waals surface area (Å²) in [6, 6.07) is 0. The van der Waals surface area contributed by atoms with Crippen LogP contribution in [0.15, 0.2) is 0 Å². The van der Waals surface area contributed by atoms with Gasteiger partial charge in [-0.15, -0.1) is 12.4 Å². The van der Waals surface area contributed by atoms with Crippen molar-refractivity contribution in [3.05, 3.63) is 0 Å². The molecule has 0 aliphatic carbocycles. The highest BCUT2D eigenvalue weighted by molar-refractivity contribution is 5.85. The summed E-state index contributed by atoms with van der Waals surface area (Å²) in [6.45, 7) is 0.624. The van der Waals surface area contributed by atoms with E-state index in [0.717, 1.165) is 0 Å². The fraction of sp³-hybridized carbons (Fsp3) is 0.667. The van der Waals surface area contributed by atoms with Gasteiger partial charge in [0.05, 0.1) is 0 Å². The van der Waals surface area contributed by atoms with Gasteiger partial charge in [0.2, 0.25) is 5.91 Å². The minimum Gasteiger partial charge on any atom is -0.351 e. The highest BCUT2D eigenvalue weighted by Gasteiger charge is 2.05. The van der Waals surface area contributed by atoms with Crippen molar-refractivity contribution in [2.24, 2.45) is 0 Å². The van der Waals surface area contributed by atoms with E-state index in [9.17, 15) is 4.79 Å². The van der Waals surface area contributed by atoms with E-state index in [1.165, 1.54) is 0 Å². The molecule has 0 atom stereocenters. The van der Waals surface area contributed by atoms with Crippen LogP contribution in [0.25, 0.3) is 0 Å². The van der Waals surface area contributed by atoms with Gasteiger partial charge in [-0.2, -0.15) is 0 Å². The van der Waals surface area contributed by atoms with Crippen LogP contribution in [0.1, 0.15) is 0 Å². The summed E-state index contributed by atoms with van der Waals surface area (Å²) in [5.74, 6) is -0.0185. The van der Waals surface area contributed by atoms with E-state index in [1.54, 1.807) is 0 Å². The Morgan fingerprint density at radius 2 is 2.43 bits per heavy atom. The molecule has 7 heavy (non-hydrogen) atoms. The van der Waals surface area contributed by atoms with Crippen LogP contribution in [0.2, 0.25) is 0 Å². The Bertz CT molecular complexity index is 67.3. The lowest BCUT2D eigenvalue weighted by Gasteiger charge is -1.77. The maximum atomic E-state index is 10.0. The molecule has 4 heteroatoms. The number of rotatable bonds is 0. The molecule has 1 saturated heterocycles. The summed E-state index contributed by atoms with van der Waals surface area (Å²) in [7, 11) is 0. The lowest BCUT2D eigenvalue weighted by molar-refractivity contribution is -0.119. The number of hydrogen-bond acceptors (Lipinski definition) is 2. The number of carbonyl (C=O) groups is 1. The van der Waals surface area contributed by atoms with Gasteiger partial charge in [0.15, 0.2) is 0 Å². The molecule has 0 aromatic carbocycles. The summed E-state index contributed by atoms with van der Waals surface area (Å²) < 4.78 is 4.60. The van der Waals surface area contributed by atoms with Crippen molar-refractivity contribution in [3.63, 3.8) is 0 Å². The van der Waals surface area contributed by atoms with E-state index in [2.05, 4.69) is 10.1 Å². The average Bonchev–Trinajstić information content (AvgIpc) is 1.86. The van der Waals surface area contributed by atoms with Gasteiger partial charge in [-0.3, -0.25) is 4.79 Å². The molecule has 1 aliphatic rings. The SMILES string of the molecule is Cl.O=C1COCN1. The second-order valence-electron chi connectivity index (χ2n) is 1.09. The van der Waals surface area contributed by atoms with Gasteiger partial charge < -0.3 is 10.1 Å². The normalized spacial score (nSPS) is 18.0. The van der Waals surface area contributed by atoms with Crippen molar-refractivity contribution < 1.29 is 9.53 Å². The highest BCUT2D eigenvalue weighted by Crippen LogP contribution is 1.79. The molecule has 42 valence electrons. The first-order chi connectivity index (χ1) is 2.89. The average molecular weight is 124 g/mol. The summed E-state index contributed by atoms with van der Waals surface area (Å²) in [6.07, 6.45) is 0. The lowest BCUT2D eigenvalue weighted by atomic mass is 10.7. The van der Waals surface area contributed by atoms with Crippen LogP contribution in [0.4, 0.5) is 0 Å². The first-order valence-corrected chi connectivity index (χ1v) is 1.74. The third-order valence-electron chi connectivity index (χ3n) is 0.605. The molecular formula is C3H6ClNO2. The molecule has 0 saturated carbocycles. The molecule has 3 nitrogen and oxygen atoms in total. The predicted molar refractivity (Wildman–Crippen MR) is 26.2 cm³/mol. The highest BCUT2D eigenvalue weighted by atomic mass is 35.5.